The van der Waals surface area contributed by atoms with Crippen LogP contribution < -0.4 is 0 Å². The molecular weight excluding hydrogens is 338 g/mol. The van der Waals surface area contributed by atoms with Crippen LogP contribution >= 0.6 is 11.3 Å². The fourth-order valence-electron chi connectivity index (χ4n) is 7.30. The van der Waals surface area contributed by atoms with Crippen molar-refractivity contribution in [1.29, 1.82) is 0 Å². The minimum absolute atomic E-state index is 0.113. The van der Waals surface area contributed by atoms with Gasteiger partial charge in [0.25, 0.3) is 0 Å². The van der Waals surface area contributed by atoms with Crippen molar-refractivity contribution in [2.24, 2.45) is 34.5 Å². The van der Waals surface area contributed by atoms with Crippen LogP contribution in [-0.4, -0.2) is 16.2 Å². The molecule has 2 nitrogen and oxygen atoms in total. The molecule has 1 N–H and O–H groups in total. The van der Waals surface area contributed by atoms with Crippen LogP contribution in [0.15, 0.2) is 29.4 Å². The Balaban J connectivity index is 1.52. The third-order valence-corrected chi connectivity index (χ3v) is 9.49. The van der Waals surface area contributed by atoms with Crippen LogP contribution in [0.1, 0.15) is 64.2 Å². The van der Waals surface area contributed by atoms with Crippen molar-refractivity contribution in [2.75, 3.05) is 0 Å². The van der Waals surface area contributed by atoms with E-state index in [2.05, 4.69) is 44.1 Å². The molecule has 1 heterocycles. The molecule has 0 aliphatic heterocycles. The summed E-state index contributed by atoms with van der Waals surface area (Å²) >= 11 is 1.80. The third kappa shape index (κ3) is 2.22. The van der Waals surface area contributed by atoms with Gasteiger partial charge in [0, 0.05) is 6.20 Å². The first-order valence-electron chi connectivity index (χ1n) is 10.4. The molecule has 1 aromatic rings. The van der Waals surface area contributed by atoms with Crippen molar-refractivity contribution in [3.63, 3.8) is 0 Å². The molecule has 0 amide bonds. The lowest BCUT2D eigenvalue weighted by Crippen LogP contribution is -2.52. The van der Waals surface area contributed by atoms with Crippen molar-refractivity contribution < 1.29 is 5.11 Å². The van der Waals surface area contributed by atoms with Crippen molar-refractivity contribution in [2.45, 2.75) is 65.4 Å². The highest BCUT2D eigenvalue weighted by molar-refractivity contribution is 7.10. The average Bonchev–Trinajstić information content (AvgIpc) is 3.23. The van der Waals surface area contributed by atoms with Crippen molar-refractivity contribution in [1.82, 2.24) is 4.98 Å². The minimum atomic E-state index is -0.113. The first-order valence-corrected chi connectivity index (χ1v) is 11.3. The monoisotopic (exact) mass is 369 g/mol. The van der Waals surface area contributed by atoms with Gasteiger partial charge < -0.3 is 5.11 Å². The van der Waals surface area contributed by atoms with Crippen LogP contribution in [0.5, 0.6) is 0 Å². The molecule has 4 aliphatic rings. The number of fused-ring (bicyclic) bond motifs is 5. The first-order chi connectivity index (χ1) is 12.4. The number of aromatic nitrogens is 1. The second-order valence-corrected chi connectivity index (χ2v) is 10.7. The lowest BCUT2D eigenvalue weighted by Gasteiger charge is -2.59. The summed E-state index contributed by atoms with van der Waals surface area (Å²) < 4.78 is 0. The van der Waals surface area contributed by atoms with Gasteiger partial charge in [-0.2, -0.15) is 0 Å². The molecule has 0 bridgehead atoms. The molecule has 2 unspecified atom stereocenters. The fourth-order valence-corrected chi connectivity index (χ4v) is 8.10. The summed E-state index contributed by atoms with van der Waals surface area (Å²) in [5, 5.41) is 10.2. The number of rotatable bonds is 1. The number of aliphatic hydroxyl groups excluding tert-OH is 1. The smallest absolute Gasteiger partial charge is 0.0797 e. The molecule has 3 heteroatoms. The maximum atomic E-state index is 10.2. The highest BCUT2D eigenvalue weighted by Gasteiger charge is 2.58. The van der Waals surface area contributed by atoms with E-state index in [9.17, 15) is 5.11 Å². The van der Waals surface area contributed by atoms with Crippen LogP contribution in [-0.2, 0) is 0 Å². The Kier molecular flexibility index (Phi) is 3.82. The Labute approximate surface area is 161 Å². The van der Waals surface area contributed by atoms with E-state index in [4.69, 9.17) is 0 Å². The van der Waals surface area contributed by atoms with E-state index < -0.39 is 0 Å². The zero-order chi connectivity index (χ0) is 18.1. The fraction of sp³-hybridized carbons (Fsp3) is 0.696. The minimum Gasteiger partial charge on any atom is -0.393 e. The quantitative estimate of drug-likeness (QED) is 0.644. The molecule has 7 atom stereocenters. The van der Waals surface area contributed by atoms with Gasteiger partial charge in [0.1, 0.15) is 0 Å². The summed E-state index contributed by atoms with van der Waals surface area (Å²) in [6, 6.07) is 0. The summed E-state index contributed by atoms with van der Waals surface area (Å²) in [7, 11) is 0. The molecule has 0 saturated heterocycles. The Hall–Kier alpha value is -0.930. The Morgan fingerprint density at radius 3 is 2.73 bits per heavy atom. The van der Waals surface area contributed by atoms with Crippen LogP contribution in [0.2, 0.25) is 0 Å². The van der Waals surface area contributed by atoms with Gasteiger partial charge in [-0.25, -0.2) is 0 Å². The normalized spacial score (nSPS) is 47.5. The summed E-state index contributed by atoms with van der Waals surface area (Å²) in [5.41, 5.74) is 5.77. The van der Waals surface area contributed by atoms with E-state index in [0.29, 0.717) is 16.7 Å². The van der Waals surface area contributed by atoms with Gasteiger partial charge in [-0.3, -0.25) is 4.98 Å². The number of hydrogen-bond donors (Lipinski definition) is 1. The van der Waals surface area contributed by atoms with Crippen molar-refractivity contribution >= 4 is 16.9 Å². The van der Waals surface area contributed by atoms with Crippen molar-refractivity contribution in [3.8, 4) is 0 Å². The predicted molar refractivity (Wildman–Crippen MR) is 108 cm³/mol. The molecule has 2 fully saturated rings. The molecule has 0 spiro atoms. The van der Waals surface area contributed by atoms with E-state index in [0.717, 1.165) is 30.6 Å². The summed E-state index contributed by atoms with van der Waals surface area (Å²) in [6.07, 6.45) is 14.0. The molecule has 4 aliphatic carbocycles. The largest absolute Gasteiger partial charge is 0.393 e. The van der Waals surface area contributed by atoms with E-state index >= 15 is 0 Å². The number of thiazole rings is 1. The molecule has 0 radical (unpaired) electrons. The molecule has 140 valence electrons. The number of allylic oxidation sites excluding steroid dienone is 3. The lowest BCUT2D eigenvalue weighted by molar-refractivity contribution is -0.0425. The van der Waals surface area contributed by atoms with E-state index in [-0.39, 0.29) is 6.10 Å². The second-order valence-electron chi connectivity index (χ2n) is 9.83. The zero-order valence-electron chi connectivity index (χ0n) is 16.2. The molecule has 0 aromatic carbocycles. The van der Waals surface area contributed by atoms with Gasteiger partial charge in [0.2, 0.25) is 0 Å². The van der Waals surface area contributed by atoms with E-state index in [1.54, 1.807) is 22.5 Å². The lowest BCUT2D eigenvalue weighted by atomic mass is 9.45. The SMILES string of the molecule is CC1C=C2CC(O)CC[C@]2(C)[C@H]2CC[C@]3(C)C(c4cncs4)=CC[C@H]3[C@H]12. The first kappa shape index (κ1) is 17.2. The second kappa shape index (κ2) is 5.78. The highest BCUT2D eigenvalue weighted by atomic mass is 32.1. The molecule has 5 rings (SSSR count). The third-order valence-electron chi connectivity index (χ3n) is 8.69. The summed E-state index contributed by atoms with van der Waals surface area (Å²) in [4.78, 5) is 5.74. The van der Waals surface area contributed by atoms with Crippen LogP contribution in [0, 0.1) is 34.5 Å². The van der Waals surface area contributed by atoms with E-state index in [1.807, 2.05) is 5.51 Å². The van der Waals surface area contributed by atoms with Gasteiger partial charge in [-0.05, 0) is 78.6 Å². The predicted octanol–water partition coefficient (Wildman–Crippen LogP) is 5.71. The van der Waals surface area contributed by atoms with Crippen molar-refractivity contribution in [3.05, 3.63) is 34.3 Å². The number of nitrogens with zero attached hydrogens (tertiary/aromatic N) is 1. The van der Waals surface area contributed by atoms with Gasteiger partial charge in [0.05, 0.1) is 16.5 Å². The van der Waals surface area contributed by atoms with E-state index in [1.165, 1.54) is 30.6 Å². The summed E-state index contributed by atoms with van der Waals surface area (Å²) in [5.74, 6) is 2.96. The highest BCUT2D eigenvalue weighted by Crippen LogP contribution is 2.67. The molecular formula is C23H31NOS. The van der Waals surface area contributed by atoms with Crippen LogP contribution in [0.4, 0.5) is 0 Å². The zero-order valence-corrected chi connectivity index (χ0v) is 17.1. The topological polar surface area (TPSA) is 33.1 Å². The summed E-state index contributed by atoms with van der Waals surface area (Å²) in [6.45, 7) is 7.50. The Morgan fingerprint density at radius 2 is 1.96 bits per heavy atom. The van der Waals surface area contributed by atoms with Gasteiger partial charge in [0.15, 0.2) is 0 Å². The van der Waals surface area contributed by atoms with Gasteiger partial charge >= 0.3 is 0 Å². The Morgan fingerprint density at radius 1 is 1.15 bits per heavy atom. The molecule has 1 aromatic heterocycles. The van der Waals surface area contributed by atoms with Gasteiger partial charge in [-0.15, -0.1) is 11.3 Å². The maximum absolute atomic E-state index is 10.2. The average molecular weight is 370 g/mol. The molecule has 2 saturated carbocycles. The Bertz CT molecular complexity index is 765. The van der Waals surface area contributed by atoms with Gasteiger partial charge in [-0.1, -0.05) is 38.5 Å². The maximum Gasteiger partial charge on any atom is 0.0797 e. The number of hydrogen-bond acceptors (Lipinski definition) is 3. The van der Waals surface area contributed by atoms with Crippen LogP contribution in [0.25, 0.3) is 5.57 Å². The number of aliphatic hydroxyl groups is 1. The van der Waals surface area contributed by atoms with Crippen LogP contribution in [0.3, 0.4) is 0 Å². The molecule has 26 heavy (non-hydrogen) atoms. The standard InChI is InChI=1S/C23H31NOS/c1-14-10-15-11-16(25)6-8-22(15,2)19-7-9-23(3)17(20-12-24-13-26-20)4-5-18(23)21(14)19/h4,10,12-14,16,18-19,21,25H,5-9,11H2,1-3H3/t14?,16?,18-,19-,21-,22-,23+/m0/s1.